The summed E-state index contributed by atoms with van der Waals surface area (Å²) in [6.07, 6.45) is 1.71. The number of fused-ring (bicyclic) bond motifs is 3. The lowest BCUT2D eigenvalue weighted by Crippen LogP contribution is -2.11. The topological polar surface area (TPSA) is 107 Å². The normalized spacial score (nSPS) is 10.9. The Morgan fingerprint density at radius 2 is 1.59 bits per heavy atom. The van der Waals surface area contributed by atoms with Gasteiger partial charge in [-0.25, -0.2) is 0 Å². The summed E-state index contributed by atoms with van der Waals surface area (Å²) in [4.78, 5) is 31.8. The number of nitrogens with one attached hydrogen (secondary N) is 3. The second kappa shape index (κ2) is 7.88. The van der Waals surface area contributed by atoms with Crippen LogP contribution in [0.1, 0.15) is 10.4 Å². The van der Waals surface area contributed by atoms with Crippen molar-refractivity contribution in [1.82, 2.24) is 9.97 Å². The Morgan fingerprint density at radius 1 is 0.844 bits per heavy atom. The molecule has 0 bridgehead atoms. The van der Waals surface area contributed by atoms with Crippen LogP contribution in [-0.2, 0) is 0 Å². The van der Waals surface area contributed by atoms with Crippen molar-refractivity contribution in [2.45, 2.75) is 0 Å². The van der Waals surface area contributed by atoms with Crippen molar-refractivity contribution in [1.29, 1.82) is 0 Å². The minimum atomic E-state index is -0.301. The number of aromatic hydroxyl groups is 1. The molecule has 4 N–H and O–H groups in total. The monoisotopic (exact) mass is 422 g/mol. The Bertz CT molecular complexity index is 1510. The van der Waals surface area contributed by atoms with Gasteiger partial charge in [-0.15, -0.1) is 0 Å². The van der Waals surface area contributed by atoms with Gasteiger partial charge >= 0.3 is 0 Å². The van der Waals surface area contributed by atoms with Crippen LogP contribution in [0.25, 0.3) is 21.8 Å². The smallest absolute Gasteiger partial charge is 0.255 e. The Balaban J connectivity index is 1.47. The number of hydrogen-bond acceptors (Lipinski definition) is 5. The van der Waals surface area contributed by atoms with Gasteiger partial charge in [-0.1, -0.05) is 30.3 Å². The number of anilines is 3. The van der Waals surface area contributed by atoms with Crippen LogP contribution >= 0.6 is 0 Å². The Hall–Kier alpha value is -4.65. The number of nitrogens with zero attached hydrogens (tertiary/aromatic N) is 1. The number of pyridine rings is 2. The summed E-state index contributed by atoms with van der Waals surface area (Å²) in [5, 5.41) is 17.9. The first kappa shape index (κ1) is 19.3. The number of rotatable bonds is 4. The first-order valence-electron chi connectivity index (χ1n) is 9.97. The average molecular weight is 422 g/mol. The van der Waals surface area contributed by atoms with Gasteiger partial charge in [-0.3, -0.25) is 9.59 Å². The van der Waals surface area contributed by atoms with Crippen molar-refractivity contribution in [3.63, 3.8) is 0 Å². The highest BCUT2D eigenvalue weighted by Gasteiger charge is 2.14. The van der Waals surface area contributed by atoms with E-state index in [2.05, 4.69) is 20.6 Å². The van der Waals surface area contributed by atoms with Gasteiger partial charge in [0.1, 0.15) is 5.65 Å². The van der Waals surface area contributed by atoms with Crippen LogP contribution in [0.3, 0.4) is 0 Å². The highest BCUT2D eigenvalue weighted by atomic mass is 16.3. The van der Waals surface area contributed by atoms with Gasteiger partial charge in [0.25, 0.3) is 5.91 Å². The molecule has 0 atom stereocenters. The summed E-state index contributed by atoms with van der Waals surface area (Å²) in [6.45, 7) is 0. The molecule has 0 unspecified atom stereocenters. The quantitative estimate of drug-likeness (QED) is 0.312. The van der Waals surface area contributed by atoms with E-state index in [1.807, 2.05) is 36.4 Å². The highest BCUT2D eigenvalue weighted by molar-refractivity contribution is 6.12. The van der Waals surface area contributed by atoms with Gasteiger partial charge in [0, 0.05) is 33.9 Å². The van der Waals surface area contributed by atoms with Crippen LogP contribution in [0, 0.1) is 0 Å². The molecule has 156 valence electrons. The number of carbonyl (C=O) groups excluding carboxylic acids is 1. The molecule has 0 aliphatic heterocycles. The van der Waals surface area contributed by atoms with Gasteiger partial charge in [0.2, 0.25) is 5.88 Å². The van der Waals surface area contributed by atoms with Crippen LogP contribution in [0.4, 0.5) is 17.1 Å². The molecule has 32 heavy (non-hydrogen) atoms. The number of aromatic nitrogens is 2. The van der Waals surface area contributed by atoms with Crippen molar-refractivity contribution in [3.05, 3.63) is 101 Å². The van der Waals surface area contributed by atoms with Crippen molar-refractivity contribution >= 4 is 44.8 Å². The number of H-pyrrole nitrogens is 1. The molecule has 7 heteroatoms. The summed E-state index contributed by atoms with van der Waals surface area (Å²) >= 11 is 0. The SMILES string of the molecule is O=C(Nc1ccc(Nc2cc[nH]c3nc(O)c4c(=O)cccc4c23)cc1)c1ccccc1. The van der Waals surface area contributed by atoms with Gasteiger partial charge in [0.15, 0.2) is 5.43 Å². The molecule has 1 amide bonds. The zero-order valence-corrected chi connectivity index (χ0v) is 16.8. The number of aromatic amines is 1. The number of hydrogen-bond donors (Lipinski definition) is 4. The summed E-state index contributed by atoms with van der Waals surface area (Å²) < 4.78 is 0. The molecular weight excluding hydrogens is 404 g/mol. The Labute approximate surface area is 182 Å². The molecule has 0 saturated carbocycles. The molecular formula is C25H18N4O3. The van der Waals surface area contributed by atoms with Gasteiger partial charge in [-0.05, 0) is 48.5 Å². The lowest BCUT2D eigenvalue weighted by Gasteiger charge is -2.13. The second-order valence-electron chi connectivity index (χ2n) is 7.25. The maximum absolute atomic E-state index is 12.3. The molecule has 0 aliphatic carbocycles. The summed E-state index contributed by atoms with van der Waals surface area (Å²) in [6, 6.07) is 23.0. The van der Waals surface area contributed by atoms with Crippen molar-refractivity contribution in [2.24, 2.45) is 0 Å². The number of carbonyl (C=O) groups is 1. The minimum absolute atomic E-state index is 0.179. The van der Waals surface area contributed by atoms with Gasteiger partial charge in [0.05, 0.1) is 11.1 Å². The van der Waals surface area contributed by atoms with E-state index in [1.54, 1.807) is 42.6 Å². The molecule has 0 fully saturated rings. The predicted molar refractivity (Wildman–Crippen MR) is 126 cm³/mol. The fraction of sp³-hybridized carbons (Fsp3) is 0. The van der Waals surface area contributed by atoms with Crippen molar-refractivity contribution in [2.75, 3.05) is 10.6 Å². The van der Waals surface area contributed by atoms with Crippen molar-refractivity contribution in [3.8, 4) is 5.88 Å². The van der Waals surface area contributed by atoms with Gasteiger partial charge < -0.3 is 20.7 Å². The van der Waals surface area contributed by atoms with Gasteiger partial charge in [-0.2, -0.15) is 4.98 Å². The van der Waals surface area contributed by atoms with Crippen LogP contribution in [0.2, 0.25) is 0 Å². The molecule has 5 aromatic rings. The van der Waals surface area contributed by atoms with Crippen LogP contribution in [0.15, 0.2) is 89.9 Å². The minimum Gasteiger partial charge on any atom is -0.493 e. The standard InChI is InChI=1S/C25H18N4O3/c30-20-8-4-7-18-21-19(13-14-26-23(21)29-25(32)22(18)20)27-16-9-11-17(12-10-16)28-24(31)15-5-2-1-3-6-15/h1-14,32H,(H,28,31)(H2,26,27,29). The Morgan fingerprint density at radius 3 is 2.38 bits per heavy atom. The summed E-state index contributed by atoms with van der Waals surface area (Å²) in [7, 11) is 0. The third-order valence-corrected chi connectivity index (χ3v) is 5.17. The lowest BCUT2D eigenvalue weighted by molar-refractivity contribution is 0.102. The zero-order chi connectivity index (χ0) is 22.1. The van der Waals surface area contributed by atoms with E-state index in [1.165, 1.54) is 6.07 Å². The van der Waals surface area contributed by atoms with Crippen LogP contribution < -0.4 is 16.1 Å². The lowest BCUT2D eigenvalue weighted by atomic mass is 10.1. The average Bonchev–Trinajstić information content (AvgIpc) is 2.81. The third kappa shape index (κ3) is 3.52. The number of benzene rings is 3. The summed E-state index contributed by atoms with van der Waals surface area (Å²) in [5.74, 6) is -0.480. The molecule has 0 spiro atoms. The Kier molecular flexibility index (Phi) is 4.76. The maximum atomic E-state index is 12.3. The van der Waals surface area contributed by atoms with Crippen LogP contribution in [-0.4, -0.2) is 21.0 Å². The largest absolute Gasteiger partial charge is 0.493 e. The van der Waals surface area contributed by atoms with E-state index < -0.39 is 0 Å². The molecule has 5 rings (SSSR count). The van der Waals surface area contributed by atoms with Crippen molar-refractivity contribution < 1.29 is 9.90 Å². The molecule has 2 aromatic heterocycles. The molecule has 3 aromatic carbocycles. The fourth-order valence-electron chi connectivity index (χ4n) is 3.67. The van der Waals surface area contributed by atoms with E-state index in [9.17, 15) is 14.7 Å². The van der Waals surface area contributed by atoms with E-state index in [-0.39, 0.29) is 22.6 Å². The molecule has 2 heterocycles. The zero-order valence-electron chi connectivity index (χ0n) is 16.8. The fourth-order valence-corrected chi connectivity index (χ4v) is 3.67. The molecule has 7 nitrogen and oxygen atoms in total. The summed E-state index contributed by atoms with van der Waals surface area (Å²) in [5.41, 5.74) is 2.93. The first-order valence-corrected chi connectivity index (χ1v) is 9.97. The van der Waals surface area contributed by atoms with E-state index in [0.29, 0.717) is 27.7 Å². The molecule has 0 saturated heterocycles. The predicted octanol–water partition coefficient (Wildman–Crippen LogP) is 4.78. The highest BCUT2D eigenvalue weighted by Crippen LogP contribution is 2.33. The van der Waals surface area contributed by atoms with E-state index in [0.717, 1.165) is 11.4 Å². The van der Waals surface area contributed by atoms with E-state index >= 15 is 0 Å². The van der Waals surface area contributed by atoms with Crippen LogP contribution in [0.5, 0.6) is 5.88 Å². The first-order chi connectivity index (χ1) is 15.6. The molecule has 0 aliphatic rings. The maximum Gasteiger partial charge on any atom is 0.255 e. The number of amides is 1. The molecule has 0 radical (unpaired) electrons. The second-order valence-corrected chi connectivity index (χ2v) is 7.25. The van der Waals surface area contributed by atoms with E-state index in [4.69, 9.17) is 0 Å². The third-order valence-electron chi connectivity index (χ3n) is 5.17.